The second-order valence-electron chi connectivity index (χ2n) is 7.86. The molecule has 1 fully saturated rings. The minimum atomic E-state index is -0.208. The van der Waals surface area contributed by atoms with E-state index in [0.29, 0.717) is 30.3 Å². The molecule has 6 heteroatoms. The highest BCUT2D eigenvalue weighted by Gasteiger charge is 2.28. The van der Waals surface area contributed by atoms with Crippen molar-refractivity contribution in [3.8, 4) is 17.2 Å². The molecule has 0 radical (unpaired) electrons. The Bertz CT molecular complexity index is 1030. The first-order valence-corrected chi connectivity index (χ1v) is 11.0. The van der Waals surface area contributed by atoms with Crippen molar-refractivity contribution in [1.29, 1.82) is 5.26 Å². The first-order chi connectivity index (χ1) is 14.8. The van der Waals surface area contributed by atoms with E-state index >= 15 is 0 Å². The van der Waals surface area contributed by atoms with Crippen LogP contribution < -0.4 is 5.32 Å². The molecule has 1 N–H and O–H groups in total. The molecule has 1 aliphatic rings. The molecule has 2 unspecified atom stereocenters. The monoisotopic (exact) mass is 403 g/mol. The molecule has 0 aromatic carbocycles. The Labute approximate surface area is 177 Å². The molecule has 0 aliphatic carbocycles. The maximum atomic E-state index is 10.1. The molecular formula is C24H29N5O. The molecule has 1 saturated heterocycles. The lowest BCUT2D eigenvalue weighted by molar-refractivity contribution is 0.0247. The average Bonchev–Trinajstić information content (AvgIpc) is 3.19. The number of pyridine rings is 2. The Hall–Kier alpha value is -2.75. The lowest BCUT2D eigenvalue weighted by Gasteiger charge is -2.22. The van der Waals surface area contributed by atoms with Crippen LogP contribution in [0.4, 0.5) is 0 Å². The molecule has 4 rings (SSSR count). The van der Waals surface area contributed by atoms with Gasteiger partial charge in [-0.3, -0.25) is 4.98 Å². The van der Waals surface area contributed by atoms with Gasteiger partial charge in [-0.2, -0.15) is 10.4 Å². The van der Waals surface area contributed by atoms with Gasteiger partial charge in [0.2, 0.25) is 0 Å². The van der Waals surface area contributed by atoms with Crippen molar-refractivity contribution in [3.05, 3.63) is 53.6 Å². The van der Waals surface area contributed by atoms with Crippen molar-refractivity contribution in [2.45, 2.75) is 51.6 Å². The molecule has 4 heterocycles. The summed E-state index contributed by atoms with van der Waals surface area (Å²) >= 11 is 0. The third-order valence-corrected chi connectivity index (χ3v) is 5.99. The fourth-order valence-corrected chi connectivity index (χ4v) is 4.43. The second kappa shape index (κ2) is 9.38. The Balaban J connectivity index is 1.95. The van der Waals surface area contributed by atoms with Gasteiger partial charge in [-0.25, -0.2) is 4.52 Å². The summed E-state index contributed by atoms with van der Waals surface area (Å²) in [5.41, 5.74) is 5.56. The van der Waals surface area contributed by atoms with E-state index in [1.165, 1.54) is 18.4 Å². The van der Waals surface area contributed by atoms with Crippen LogP contribution in [0.15, 0.2) is 36.8 Å². The topological polar surface area (TPSA) is 75.2 Å². The predicted octanol–water partition coefficient (Wildman–Crippen LogP) is 4.61. The maximum absolute atomic E-state index is 10.1. The number of ether oxygens (including phenoxy) is 1. The molecule has 3 aromatic rings. The predicted molar refractivity (Wildman–Crippen MR) is 117 cm³/mol. The number of aromatic nitrogens is 3. The fourth-order valence-electron chi connectivity index (χ4n) is 4.43. The summed E-state index contributed by atoms with van der Waals surface area (Å²) in [5.74, 6) is 0.433. The molecular weight excluding hydrogens is 374 g/mol. The first-order valence-electron chi connectivity index (χ1n) is 11.0. The summed E-state index contributed by atoms with van der Waals surface area (Å²) in [6, 6.07) is 8.65. The van der Waals surface area contributed by atoms with E-state index in [-0.39, 0.29) is 6.10 Å². The van der Waals surface area contributed by atoms with Crippen LogP contribution in [0.5, 0.6) is 0 Å². The van der Waals surface area contributed by atoms with Gasteiger partial charge in [0.15, 0.2) is 0 Å². The molecule has 0 spiro atoms. The van der Waals surface area contributed by atoms with Gasteiger partial charge in [0.25, 0.3) is 0 Å². The van der Waals surface area contributed by atoms with E-state index in [4.69, 9.17) is 9.84 Å². The molecule has 6 nitrogen and oxygen atoms in total. The second-order valence-corrected chi connectivity index (χ2v) is 7.86. The minimum Gasteiger partial charge on any atom is -0.369 e. The van der Waals surface area contributed by atoms with Crippen molar-refractivity contribution < 1.29 is 4.74 Å². The van der Waals surface area contributed by atoms with Crippen molar-refractivity contribution in [2.75, 3.05) is 19.7 Å². The van der Waals surface area contributed by atoms with Gasteiger partial charge < -0.3 is 10.1 Å². The number of hydrogen-bond acceptors (Lipinski definition) is 5. The highest BCUT2D eigenvalue weighted by atomic mass is 16.5. The average molecular weight is 404 g/mol. The molecule has 2 atom stereocenters. The van der Waals surface area contributed by atoms with Crippen LogP contribution in [0.3, 0.4) is 0 Å². The van der Waals surface area contributed by atoms with E-state index in [1.807, 2.05) is 23.0 Å². The van der Waals surface area contributed by atoms with Crippen LogP contribution in [0.25, 0.3) is 16.6 Å². The summed E-state index contributed by atoms with van der Waals surface area (Å²) in [4.78, 5) is 4.36. The Morgan fingerprint density at radius 1 is 1.37 bits per heavy atom. The number of unbranched alkanes of at least 4 members (excludes halogenated alkanes) is 1. The van der Waals surface area contributed by atoms with Crippen molar-refractivity contribution in [3.63, 3.8) is 0 Å². The summed E-state index contributed by atoms with van der Waals surface area (Å²) in [7, 11) is 0. The van der Waals surface area contributed by atoms with E-state index < -0.39 is 0 Å². The third kappa shape index (κ3) is 3.83. The summed E-state index contributed by atoms with van der Waals surface area (Å²) in [6.45, 7) is 6.59. The van der Waals surface area contributed by atoms with Crippen LogP contribution >= 0.6 is 0 Å². The van der Waals surface area contributed by atoms with Gasteiger partial charge in [-0.1, -0.05) is 32.8 Å². The number of nitriles is 1. The number of rotatable bonds is 7. The lowest BCUT2D eigenvalue weighted by atomic mass is 9.85. The van der Waals surface area contributed by atoms with Gasteiger partial charge in [-0.15, -0.1) is 0 Å². The van der Waals surface area contributed by atoms with Crippen LogP contribution in [0.1, 0.15) is 68.4 Å². The number of hydrogen-bond donors (Lipinski definition) is 1. The zero-order valence-electron chi connectivity index (χ0n) is 17.8. The van der Waals surface area contributed by atoms with Crippen molar-refractivity contribution in [2.24, 2.45) is 0 Å². The molecule has 30 heavy (non-hydrogen) atoms. The third-order valence-electron chi connectivity index (χ3n) is 5.99. The normalized spacial score (nSPS) is 17.7. The molecule has 156 valence electrons. The maximum Gasteiger partial charge on any atom is 0.115 e. The molecule has 0 bridgehead atoms. The standard InChI is InChI=1S/C24H29N5O/c1-3-5-7-17(4-2)19-9-12-29-24(22(19)18-8-6-10-26-15-18)20(14-25)23(28-29)21-16-27-11-13-30-21/h6,8-10,12,15,17,21,27H,3-5,7,11,13,16H2,1-2H3. The van der Waals surface area contributed by atoms with Gasteiger partial charge in [0.05, 0.1) is 12.1 Å². The summed E-state index contributed by atoms with van der Waals surface area (Å²) in [6.07, 6.45) is 10.0. The highest BCUT2D eigenvalue weighted by Crippen LogP contribution is 2.39. The van der Waals surface area contributed by atoms with Crippen LogP contribution in [0, 0.1) is 11.3 Å². The van der Waals surface area contributed by atoms with Gasteiger partial charge in [-0.05, 0) is 36.5 Å². The van der Waals surface area contributed by atoms with E-state index in [0.717, 1.165) is 36.0 Å². The zero-order valence-corrected chi connectivity index (χ0v) is 17.8. The van der Waals surface area contributed by atoms with Gasteiger partial charge in [0.1, 0.15) is 23.4 Å². The number of nitrogens with one attached hydrogen (secondary N) is 1. The Kier molecular flexibility index (Phi) is 6.41. The van der Waals surface area contributed by atoms with Crippen LogP contribution in [0.2, 0.25) is 0 Å². The van der Waals surface area contributed by atoms with E-state index in [9.17, 15) is 5.26 Å². The number of morpholine rings is 1. The lowest BCUT2D eigenvalue weighted by Crippen LogP contribution is -2.33. The van der Waals surface area contributed by atoms with Crippen molar-refractivity contribution in [1.82, 2.24) is 19.9 Å². The minimum absolute atomic E-state index is 0.208. The summed E-state index contributed by atoms with van der Waals surface area (Å²) in [5, 5.41) is 18.3. The highest BCUT2D eigenvalue weighted by molar-refractivity contribution is 5.87. The van der Waals surface area contributed by atoms with E-state index in [1.54, 1.807) is 6.20 Å². The fraction of sp³-hybridized carbons (Fsp3) is 0.458. The molecule has 3 aromatic heterocycles. The first kappa shape index (κ1) is 20.5. The van der Waals surface area contributed by atoms with Gasteiger partial charge >= 0.3 is 0 Å². The quantitative estimate of drug-likeness (QED) is 0.623. The molecule has 1 aliphatic heterocycles. The Morgan fingerprint density at radius 2 is 2.27 bits per heavy atom. The van der Waals surface area contributed by atoms with Gasteiger partial charge in [0, 0.05) is 42.8 Å². The smallest absolute Gasteiger partial charge is 0.115 e. The molecule has 0 saturated carbocycles. The Morgan fingerprint density at radius 3 is 2.93 bits per heavy atom. The zero-order chi connectivity index (χ0) is 20.9. The van der Waals surface area contributed by atoms with E-state index in [2.05, 4.69) is 42.4 Å². The van der Waals surface area contributed by atoms with Crippen LogP contribution in [-0.4, -0.2) is 34.3 Å². The summed E-state index contributed by atoms with van der Waals surface area (Å²) < 4.78 is 7.78. The van der Waals surface area contributed by atoms with Crippen molar-refractivity contribution >= 4 is 5.52 Å². The SMILES string of the molecule is CCCCC(CC)c1ccn2nc(C3CNCCO3)c(C#N)c2c1-c1cccnc1. The van der Waals surface area contributed by atoms with Crippen LogP contribution in [-0.2, 0) is 4.74 Å². The molecule has 0 amide bonds. The largest absolute Gasteiger partial charge is 0.369 e. The number of fused-ring (bicyclic) bond motifs is 1. The number of nitrogens with zero attached hydrogens (tertiary/aromatic N) is 4.